The van der Waals surface area contributed by atoms with E-state index in [2.05, 4.69) is 21.2 Å². The minimum absolute atomic E-state index is 0.0328. The molecule has 1 unspecified atom stereocenters. The van der Waals surface area contributed by atoms with Gasteiger partial charge < -0.3 is 10.4 Å². The average Bonchev–Trinajstić information content (AvgIpc) is 2.27. The molecular formula is C14H19BrClNO2. The predicted molar refractivity (Wildman–Crippen MR) is 81.6 cm³/mol. The van der Waals surface area contributed by atoms with Crippen molar-refractivity contribution >= 4 is 33.4 Å². The lowest BCUT2D eigenvalue weighted by molar-refractivity contribution is 0.0868. The maximum Gasteiger partial charge on any atom is 0.251 e. The van der Waals surface area contributed by atoms with E-state index in [4.69, 9.17) is 11.6 Å². The van der Waals surface area contributed by atoms with E-state index in [0.717, 1.165) is 4.47 Å². The number of nitrogens with one attached hydrogen (secondary N) is 1. The van der Waals surface area contributed by atoms with Gasteiger partial charge in [-0.25, -0.2) is 0 Å². The summed E-state index contributed by atoms with van der Waals surface area (Å²) in [7, 11) is 0. The van der Waals surface area contributed by atoms with E-state index < -0.39 is 6.10 Å². The molecule has 0 heterocycles. The Morgan fingerprint density at radius 1 is 1.47 bits per heavy atom. The number of hydrogen-bond acceptors (Lipinski definition) is 2. The summed E-state index contributed by atoms with van der Waals surface area (Å²) in [5.74, 6) is -0.234. The summed E-state index contributed by atoms with van der Waals surface area (Å²) in [6.07, 6.45) is 0.0869. The van der Waals surface area contributed by atoms with Crippen LogP contribution in [0.4, 0.5) is 0 Å². The van der Waals surface area contributed by atoms with Crippen molar-refractivity contribution in [2.45, 2.75) is 33.3 Å². The molecule has 5 heteroatoms. The number of amides is 1. The van der Waals surface area contributed by atoms with Crippen molar-refractivity contribution in [1.29, 1.82) is 0 Å². The molecule has 1 amide bonds. The first-order valence-corrected chi connectivity index (χ1v) is 7.27. The van der Waals surface area contributed by atoms with E-state index in [-0.39, 0.29) is 17.9 Å². The lowest BCUT2D eigenvalue weighted by Crippen LogP contribution is -2.34. The Kier molecular flexibility index (Phi) is 5.83. The quantitative estimate of drug-likeness (QED) is 0.873. The number of halogens is 2. The Bertz CT molecular complexity index is 457. The van der Waals surface area contributed by atoms with Crippen LogP contribution in [0.3, 0.4) is 0 Å². The van der Waals surface area contributed by atoms with Crippen molar-refractivity contribution in [2.75, 3.05) is 6.54 Å². The lowest BCUT2D eigenvalue weighted by Gasteiger charge is -2.22. The summed E-state index contributed by atoms with van der Waals surface area (Å²) < 4.78 is 0.749. The second-order valence-electron chi connectivity index (χ2n) is 5.76. The molecule has 2 N–H and O–H groups in total. The van der Waals surface area contributed by atoms with E-state index in [9.17, 15) is 9.90 Å². The van der Waals surface area contributed by atoms with Gasteiger partial charge in [0.2, 0.25) is 0 Å². The van der Waals surface area contributed by atoms with Gasteiger partial charge in [0, 0.05) is 16.6 Å². The fraction of sp³-hybridized carbons (Fsp3) is 0.500. The zero-order valence-electron chi connectivity index (χ0n) is 11.3. The van der Waals surface area contributed by atoms with Gasteiger partial charge in [-0.15, -0.1) is 0 Å². The molecule has 1 atom stereocenters. The van der Waals surface area contributed by atoms with Crippen molar-refractivity contribution in [3.8, 4) is 0 Å². The van der Waals surface area contributed by atoms with E-state index >= 15 is 0 Å². The molecule has 0 radical (unpaired) electrons. The van der Waals surface area contributed by atoms with Crippen molar-refractivity contribution in [1.82, 2.24) is 5.32 Å². The summed E-state index contributed by atoms with van der Waals surface area (Å²) in [4.78, 5) is 11.9. The Labute approximate surface area is 127 Å². The smallest absolute Gasteiger partial charge is 0.251 e. The highest BCUT2D eigenvalue weighted by Gasteiger charge is 2.17. The first-order valence-electron chi connectivity index (χ1n) is 6.10. The number of hydrogen-bond donors (Lipinski definition) is 2. The molecule has 0 spiro atoms. The van der Waals surface area contributed by atoms with E-state index in [1.165, 1.54) is 0 Å². The van der Waals surface area contributed by atoms with Gasteiger partial charge in [0.15, 0.2) is 0 Å². The van der Waals surface area contributed by atoms with Crippen LogP contribution in [-0.4, -0.2) is 23.7 Å². The van der Waals surface area contributed by atoms with Crippen molar-refractivity contribution in [2.24, 2.45) is 5.41 Å². The average molecular weight is 349 g/mol. The van der Waals surface area contributed by atoms with Crippen LogP contribution in [0.25, 0.3) is 0 Å². The molecule has 0 saturated carbocycles. The lowest BCUT2D eigenvalue weighted by atomic mass is 9.89. The van der Waals surface area contributed by atoms with Crippen molar-refractivity contribution in [3.05, 3.63) is 33.3 Å². The first-order chi connectivity index (χ1) is 8.69. The normalized spacial score (nSPS) is 13.2. The van der Waals surface area contributed by atoms with Crippen LogP contribution in [0.5, 0.6) is 0 Å². The number of benzene rings is 1. The maximum absolute atomic E-state index is 11.9. The van der Waals surface area contributed by atoms with Gasteiger partial charge in [0.1, 0.15) is 0 Å². The Morgan fingerprint density at radius 2 is 2.11 bits per heavy atom. The van der Waals surface area contributed by atoms with Gasteiger partial charge in [0.25, 0.3) is 5.91 Å². The van der Waals surface area contributed by atoms with E-state index in [1.807, 2.05) is 20.8 Å². The zero-order chi connectivity index (χ0) is 14.6. The largest absolute Gasteiger partial charge is 0.391 e. The van der Waals surface area contributed by atoms with Gasteiger partial charge in [-0.3, -0.25) is 4.79 Å². The summed E-state index contributed by atoms with van der Waals surface area (Å²) in [6.45, 7) is 6.38. The van der Waals surface area contributed by atoms with E-state index in [0.29, 0.717) is 17.0 Å². The molecule has 0 bridgehead atoms. The summed E-state index contributed by atoms with van der Waals surface area (Å²) in [5, 5.41) is 13.0. The highest BCUT2D eigenvalue weighted by atomic mass is 79.9. The van der Waals surface area contributed by atoms with Crippen molar-refractivity contribution < 1.29 is 9.90 Å². The fourth-order valence-corrected chi connectivity index (χ4v) is 2.16. The first kappa shape index (κ1) is 16.5. The van der Waals surface area contributed by atoms with Crippen LogP contribution >= 0.6 is 27.5 Å². The fourth-order valence-electron chi connectivity index (χ4n) is 1.73. The Balaban J connectivity index is 2.53. The highest BCUT2D eigenvalue weighted by molar-refractivity contribution is 9.10. The molecule has 0 saturated heterocycles. The third-order valence-corrected chi connectivity index (χ3v) is 3.76. The minimum atomic E-state index is -0.546. The van der Waals surface area contributed by atoms with Crippen LogP contribution in [0.1, 0.15) is 37.6 Å². The summed E-state index contributed by atoms with van der Waals surface area (Å²) in [6, 6.07) is 5.00. The summed E-state index contributed by atoms with van der Waals surface area (Å²) in [5.41, 5.74) is 0.515. The predicted octanol–water partition coefficient (Wildman–Crippen LogP) is 3.63. The molecule has 3 nitrogen and oxygen atoms in total. The number of rotatable bonds is 4. The number of aliphatic hydroxyl groups is 1. The molecule has 0 aromatic heterocycles. The summed E-state index contributed by atoms with van der Waals surface area (Å²) >= 11 is 9.20. The van der Waals surface area contributed by atoms with Gasteiger partial charge in [-0.1, -0.05) is 32.4 Å². The number of carbonyl (C=O) groups excluding carboxylic acids is 1. The van der Waals surface area contributed by atoms with Gasteiger partial charge in [0.05, 0.1) is 11.1 Å². The molecule has 106 valence electrons. The second-order valence-corrected chi connectivity index (χ2v) is 7.02. The van der Waals surface area contributed by atoms with Crippen LogP contribution in [0.15, 0.2) is 22.7 Å². The molecule has 19 heavy (non-hydrogen) atoms. The SMILES string of the molecule is CC(C)(C)CC(O)CNC(=O)c1ccc(Br)c(Cl)c1. The van der Waals surface area contributed by atoms with Gasteiger partial charge in [-0.05, 0) is 46.0 Å². The van der Waals surface area contributed by atoms with Crippen LogP contribution < -0.4 is 5.32 Å². The monoisotopic (exact) mass is 347 g/mol. The molecular weight excluding hydrogens is 330 g/mol. The molecule has 1 rings (SSSR count). The number of carbonyl (C=O) groups is 1. The standard InChI is InChI=1S/C14H19BrClNO2/c1-14(2,3)7-10(18)8-17-13(19)9-4-5-11(15)12(16)6-9/h4-6,10,18H,7-8H2,1-3H3,(H,17,19). The Morgan fingerprint density at radius 3 is 2.63 bits per heavy atom. The van der Waals surface area contributed by atoms with Crippen LogP contribution in [0, 0.1) is 5.41 Å². The van der Waals surface area contributed by atoms with E-state index in [1.54, 1.807) is 18.2 Å². The molecule has 0 aliphatic heterocycles. The third kappa shape index (κ3) is 5.93. The second kappa shape index (κ2) is 6.73. The molecule has 1 aromatic carbocycles. The zero-order valence-corrected chi connectivity index (χ0v) is 13.7. The molecule has 0 aliphatic rings. The number of aliphatic hydroxyl groups excluding tert-OH is 1. The topological polar surface area (TPSA) is 49.3 Å². The molecule has 0 aliphatic carbocycles. The Hall–Kier alpha value is -0.580. The van der Waals surface area contributed by atoms with Crippen LogP contribution in [-0.2, 0) is 0 Å². The maximum atomic E-state index is 11.9. The highest BCUT2D eigenvalue weighted by Crippen LogP contribution is 2.23. The van der Waals surface area contributed by atoms with Gasteiger partial charge >= 0.3 is 0 Å². The van der Waals surface area contributed by atoms with Gasteiger partial charge in [-0.2, -0.15) is 0 Å². The minimum Gasteiger partial charge on any atom is -0.391 e. The molecule has 1 aromatic rings. The van der Waals surface area contributed by atoms with Crippen molar-refractivity contribution in [3.63, 3.8) is 0 Å². The molecule has 0 fully saturated rings. The van der Waals surface area contributed by atoms with Crippen LogP contribution in [0.2, 0.25) is 5.02 Å². The third-order valence-electron chi connectivity index (χ3n) is 2.53.